The lowest BCUT2D eigenvalue weighted by Crippen LogP contribution is -2.34. The minimum absolute atomic E-state index is 0.0736. The second-order valence-corrected chi connectivity index (χ2v) is 6.39. The predicted molar refractivity (Wildman–Crippen MR) is 95.9 cm³/mol. The summed E-state index contributed by atoms with van der Waals surface area (Å²) in [7, 11) is 5.64. The molecule has 1 N–H and O–H groups in total. The third kappa shape index (κ3) is 4.81. The third-order valence-corrected chi connectivity index (χ3v) is 4.19. The highest BCUT2D eigenvalue weighted by Gasteiger charge is 2.16. The molecule has 2 aromatic carbocycles. The SMILES string of the molecule is COc1cccc([C@H](CNC(=O)c2ccc(Br)cc2)N(C)C)c1. The van der Waals surface area contributed by atoms with Crippen LogP contribution in [0.15, 0.2) is 53.0 Å². The molecule has 0 fully saturated rings. The Balaban J connectivity index is 2.07. The highest BCUT2D eigenvalue weighted by molar-refractivity contribution is 9.10. The molecule has 0 aliphatic rings. The first-order chi connectivity index (χ1) is 11.0. The number of nitrogens with zero attached hydrogens (tertiary/aromatic N) is 1. The Morgan fingerprint density at radius 2 is 1.91 bits per heavy atom. The van der Waals surface area contributed by atoms with Crippen LogP contribution in [0.1, 0.15) is 22.0 Å². The van der Waals surface area contributed by atoms with Crippen LogP contribution in [0.5, 0.6) is 5.75 Å². The smallest absolute Gasteiger partial charge is 0.251 e. The van der Waals surface area contributed by atoms with Gasteiger partial charge in [0.15, 0.2) is 0 Å². The van der Waals surface area contributed by atoms with Gasteiger partial charge in [0.2, 0.25) is 0 Å². The van der Waals surface area contributed by atoms with Gasteiger partial charge in [-0.25, -0.2) is 0 Å². The van der Waals surface area contributed by atoms with Gasteiger partial charge in [0.1, 0.15) is 5.75 Å². The molecular formula is C18H21BrN2O2. The lowest BCUT2D eigenvalue weighted by Gasteiger charge is -2.25. The van der Waals surface area contributed by atoms with Crippen molar-refractivity contribution in [3.8, 4) is 5.75 Å². The fraction of sp³-hybridized carbons (Fsp3) is 0.278. The molecule has 0 spiro atoms. The van der Waals surface area contributed by atoms with Crippen LogP contribution in [0.3, 0.4) is 0 Å². The van der Waals surface area contributed by atoms with Crippen LogP contribution in [0, 0.1) is 0 Å². The van der Waals surface area contributed by atoms with Crippen molar-refractivity contribution in [3.05, 3.63) is 64.1 Å². The number of hydrogen-bond donors (Lipinski definition) is 1. The van der Waals surface area contributed by atoms with Crippen molar-refractivity contribution in [2.75, 3.05) is 27.7 Å². The lowest BCUT2D eigenvalue weighted by molar-refractivity contribution is 0.0942. The van der Waals surface area contributed by atoms with Crippen molar-refractivity contribution < 1.29 is 9.53 Å². The number of rotatable bonds is 6. The lowest BCUT2D eigenvalue weighted by atomic mass is 10.1. The molecule has 0 unspecified atom stereocenters. The van der Waals surface area contributed by atoms with Gasteiger partial charge in [-0.3, -0.25) is 4.79 Å². The summed E-state index contributed by atoms with van der Waals surface area (Å²) in [6.07, 6.45) is 0. The zero-order valence-corrected chi connectivity index (χ0v) is 15.1. The van der Waals surface area contributed by atoms with E-state index in [1.165, 1.54) is 0 Å². The normalized spacial score (nSPS) is 12.0. The Morgan fingerprint density at radius 1 is 1.22 bits per heavy atom. The molecule has 0 saturated carbocycles. The Bertz CT molecular complexity index is 656. The van der Waals surface area contributed by atoms with Crippen molar-refractivity contribution >= 4 is 21.8 Å². The molecule has 23 heavy (non-hydrogen) atoms. The number of amides is 1. The van der Waals surface area contributed by atoms with E-state index in [0.717, 1.165) is 15.8 Å². The summed E-state index contributed by atoms with van der Waals surface area (Å²) in [5.41, 5.74) is 1.75. The summed E-state index contributed by atoms with van der Waals surface area (Å²) < 4.78 is 6.24. The predicted octanol–water partition coefficient (Wildman–Crippen LogP) is 3.49. The van der Waals surface area contributed by atoms with Gasteiger partial charge in [-0.1, -0.05) is 28.1 Å². The molecule has 0 aliphatic heterocycles. The largest absolute Gasteiger partial charge is 0.497 e. The number of carbonyl (C=O) groups excluding carboxylic acids is 1. The van der Waals surface area contributed by atoms with Crippen LogP contribution in [0.4, 0.5) is 0 Å². The van der Waals surface area contributed by atoms with Gasteiger partial charge in [0.25, 0.3) is 5.91 Å². The zero-order chi connectivity index (χ0) is 16.8. The number of halogens is 1. The maximum atomic E-state index is 12.3. The van der Waals surface area contributed by atoms with E-state index < -0.39 is 0 Å². The summed E-state index contributed by atoms with van der Waals surface area (Å²) in [6.45, 7) is 0.523. The second-order valence-electron chi connectivity index (χ2n) is 5.47. The molecular weight excluding hydrogens is 356 g/mol. The molecule has 2 aromatic rings. The molecule has 0 aliphatic carbocycles. The minimum Gasteiger partial charge on any atom is -0.497 e. The number of hydrogen-bond acceptors (Lipinski definition) is 3. The number of ether oxygens (including phenoxy) is 1. The molecule has 1 atom stereocenters. The molecule has 0 heterocycles. The van der Waals surface area contributed by atoms with Crippen LogP contribution in [0.2, 0.25) is 0 Å². The fourth-order valence-corrected chi connectivity index (χ4v) is 2.60. The highest BCUT2D eigenvalue weighted by Crippen LogP contribution is 2.22. The number of benzene rings is 2. The van der Waals surface area contributed by atoms with E-state index in [4.69, 9.17) is 4.74 Å². The van der Waals surface area contributed by atoms with Crippen molar-refractivity contribution in [1.29, 1.82) is 0 Å². The van der Waals surface area contributed by atoms with Gasteiger partial charge in [-0.05, 0) is 56.1 Å². The van der Waals surface area contributed by atoms with E-state index in [1.807, 2.05) is 50.5 Å². The molecule has 0 bridgehead atoms. The van der Waals surface area contributed by atoms with Crippen LogP contribution in [0.25, 0.3) is 0 Å². The maximum absolute atomic E-state index is 12.3. The van der Waals surface area contributed by atoms with Crippen LogP contribution in [-0.2, 0) is 0 Å². The zero-order valence-electron chi connectivity index (χ0n) is 13.5. The Hall–Kier alpha value is -1.85. The monoisotopic (exact) mass is 376 g/mol. The van der Waals surface area contributed by atoms with E-state index in [1.54, 1.807) is 19.2 Å². The summed E-state index contributed by atoms with van der Waals surface area (Å²) >= 11 is 3.37. The van der Waals surface area contributed by atoms with E-state index in [9.17, 15) is 4.79 Å². The van der Waals surface area contributed by atoms with Gasteiger partial charge in [-0.2, -0.15) is 0 Å². The molecule has 122 valence electrons. The Labute approximate surface area is 145 Å². The van der Waals surface area contributed by atoms with Gasteiger partial charge in [-0.15, -0.1) is 0 Å². The maximum Gasteiger partial charge on any atom is 0.251 e. The molecule has 0 aromatic heterocycles. The van der Waals surface area contributed by atoms with E-state index in [-0.39, 0.29) is 11.9 Å². The van der Waals surface area contributed by atoms with E-state index in [2.05, 4.69) is 26.1 Å². The van der Waals surface area contributed by atoms with Crippen molar-refractivity contribution in [1.82, 2.24) is 10.2 Å². The summed E-state index contributed by atoms with van der Waals surface area (Å²) in [4.78, 5) is 14.3. The van der Waals surface area contributed by atoms with Gasteiger partial charge in [0, 0.05) is 16.6 Å². The molecule has 0 radical (unpaired) electrons. The Kier molecular flexibility index (Phi) is 6.19. The summed E-state index contributed by atoms with van der Waals surface area (Å²) in [5, 5.41) is 3.00. The standard InChI is InChI=1S/C18H21BrN2O2/c1-21(2)17(14-5-4-6-16(11-14)23-3)12-20-18(22)13-7-9-15(19)10-8-13/h4-11,17H,12H2,1-3H3,(H,20,22)/t17-/m0/s1. The molecule has 4 nitrogen and oxygen atoms in total. The second kappa shape index (κ2) is 8.13. The van der Waals surface area contributed by atoms with Crippen molar-refractivity contribution in [2.45, 2.75) is 6.04 Å². The molecule has 5 heteroatoms. The number of carbonyl (C=O) groups is 1. The first-order valence-electron chi connectivity index (χ1n) is 7.35. The van der Waals surface area contributed by atoms with E-state index >= 15 is 0 Å². The van der Waals surface area contributed by atoms with Crippen molar-refractivity contribution in [3.63, 3.8) is 0 Å². The van der Waals surface area contributed by atoms with Crippen molar-refractivity contribution in [2.24, 2.45) is 0 Å². The summed E-state index contributed by atoms with van der Waals surface area (Å²) in [6, 6.07) is 15.3. The first kappa shape index (κ1) is 17.5. The molecule has 1 amide bonds. The molecule has 0 saturated heterocycles. The van der Waals surface area contributed by atoms with Gasteiger partial charge >= 0.3 is 0 Å². The van der Waals surface area contributed by atoms with E-state index in [0.29, 0.717) is 12.1 Å². The fourth-order valence-electron chi connectivity index (χ4n) is 2.34. The highest BCUT2D eigenvalue weighted by atomic mass is 79.9. The average molecular weight is 377 g/mol. The van der Waals surface area contributed by atoms with Crippen LogP contribution in [-0.4, -0.2) is 38.6 Å². The van der Waals surface area contributed by atoms with Gasteiger partial charge < -0.3 is 15.0 Å². The molecule has 2 rings (SSSR count). The number of methoxy groups -OCH3 is 1. The third-order valence-electron chi connectivity index (χ3n) is 3.66. The van der Waals surface area contributed by atoms with Gasteiger partial charge in [0.05, 0.1) is 13.2 Å². The average Bonchev–Trinajstić information content (AvgIpc) is 2.55. The number of likely N-dealkylation sites (N-methyl/N-ethyl adjacent to an activating group) is 1. The number of nitrogens with one attached hydrogen (secondary N) is 1. The quantitative estimate of drug-likeness (QED) is 0.838. The minimum atomic E-state index is -0.0766. The van der Waals surface area contributed by atoms with Crippen LogP contribution >= 0.6 is 15.9 Å². The summed E-state index contributed by atoms with van der Waals surface area (Å²) in [5.74, 6) is 0.737. The first-order valence-corrected chi connectivity index (χ1v) is 8.14. The topological polar surface area (TPSA) is 41.6 Å². The Morgan fingerprint density at radius 3 is 2.52 bits per heavy atom. The van der Waals surface area contributed by atoms with Crippen LogP contribution < -0.4 is 10.1 Å².